The third-order valence-electron chi connectivity index (χ3n) is 4.57. The second-order valence-electron chi connectivity index (χ2n) is 6.51. The summed E-state index contributed by atoms with van der Waals surface area (Å²) < 4.78 is 18.8. The molecule has 0 bridgehead atoms. The number of H-pyrrole nitrogens is 2. The van der Waals surface area contributed by atoms with Gasteiger partial charge in [-0.15, -0.1) is 24.0 Å². The predicted octanol–water partition coefficient (Wildman–Crippen LogP) is 3.25. The molecular weight excluding hydrogens is 500 g/mol. The molecule has 0 saturated heterocycles. The first-order valence-electron chi connectivity index (χ1n) is 9.38. The highest BCUT2D eigenvalue weighted by atomic mass is 127. The quantitative estimate of drug-likeness (QED) is 0.169. The highest BCUT2D eigenvalue weighted by molar-refractivity contribution is 14.0. The third-order valence-corrected chi connectivity index (χ3v) is 4.57. The molecule has 0 atom stereocenters. The van der Waals surface area contributed by atoms with Crippen molar-refractivity contribution in [2.75, 3.05) is 20.1 Å². The molecule has 4 N–H and O–H groups in total. The van der Waals surface area contributed by atoms with E-state index in [-0.39, 0.29) is 29.8 Å². The third kappa shape index (κ3) is 5.17. The number of furan rings is 1. The van der Waals surface area contributed by atoms with Crippen molar-refractivity contribution in [1.82, 2.24) is 30.8 Å². The summed E-state index contributed by atoms with van der Waals surface area (Å²) in [5.41, 5.74) is 2.00. The largest absolute Gasteiger partial charge is 0.461 e. The number of benzene rings is 1. The SMILES string of the molecule is CN=C(NCCc1nc(-c2ccco2)n[nH]1)NCCc1c[nH]c2ccc(F)cc12.I. The van der Waals surface area contributed by atoms with Crippen LogP contribution in [0.5, 0.6) is 0 Å². The number of aliphatic imine (C=N–C) groups is 1. The van der Waals surface area contributed by atoms with Crippen LogP contribution in [0.3, 0.4) is 0 Å². The lowest BCUT2D eigenvalue weighted by Crippen LogP contribution is -2.39. The average molecular weight is 523 g/mol. The first-order valence-corrected chi connectivity index (χ1v) is 9.38. The Hall–Kier alpha value is -2.89. The minimum absolute atomic E-state index is 0. The Kier molecular flexibility index (Phi) is 7.44. The number of rotatable bonds is 7. The number of aromatic nitrogens is 4. The van der Waals surface area contributed by atoms with E-state index in [2.05, 4.69) is 35.8 Å². The standard InChI is InChI=1S/C20H22FN7O.HI/c1-22-20(23-8-6-13-12-25-16-5-4-14(21)11-15(13)16)24-9-7-18-26-19(28-27-18)17-3-2-10-29-17;/h2-5,10-12,25H,6-9H2,1H3,(H2,22,23,24)(H,26,27,28);1H. The van der Waals surface area contributed by atoms with Crippen molar-refractivity contribution in [2.45, 2.75) is 12.8 Å². The van der Waals surface area contributed by atoms with Gasteiger partial charge in [-0.1, -0.05) is 0 Å². The van der Waals surface area contributed by atoms with Crippen LogP contribution in [-0.4, -0.2) is 46.3 Å². The van der Waals surface area contributed by atoms with Gasteiger partial charge in [0.1, 0.15) is 11.6 Å². The lowest BCUT2D eigenvalue weighted by Gasteiger charge is -2.11. The highest BCUT2D eigenvalue weighted by Crippen LogP contribution is 2.19. The van der Waals surface area contributed by atoms with Gasteiger partial charge in [-0.3, -0.25) is 10.1 Å². The van der Waals surface area contributed by atoms with Gasteiger partial charge in [-0.05, 0) is 42.3 Å². The Morgan fingerprint density at radius 2 is 2.03 bits per heavy atom. The van der Waals surface area contributed by atoms with Gasteiger partial charge in [-0.2, -0.15) is 5.10 Å². The van der Waals surface area contributed by atoms with Gasteiger partial charge in [0.05, 0.1) is 6.26 Å². The number of hydrogen-bond donors (Lipinski definition) is 4. The lowest BCUT2D eigenvalue weighted by molar-refractivity contribution is 0.577. The molecule has 0 aliphatic carbocycles. The molecule has 0 unspecified atom stereocenters. The Bertz CT molecular complexity index is 1100. The monoisotopic (exact) mass is 523 g/mol. The number of hydrogen-bond acceptors (Lipinski definition) is 4. The van der Waals surface area contributed by atoms with Gasteiger partial charge in [-0.25, -0.2) is 9.37 Å². The Labute approximate surface area is 189 Å². The summed E-state index contributed by atoms with van der Waals surface area (Å²) in [6.45, 7) is 1.32. The van der Waals surface area contributed by atoms with E-state index in [1.54, 1.807) is 31.5 Å². The van der Waals surface area contributed by atoms with Crippen molar-refractivity contribution in [3.8, 4) is 11.6 Å². The predicted molar refractivity (Wildman–Crippen MR) is 125 cm³/mol. The molecule has 0 amide bonds. The molecule has 0 radical (unpaired) electrons. The van der Waals surface area contributed by atoms with Crippen LogP contribution in [0.25, 0.3) is 22.5 Å². The number of fused-ring (bicyclic) bond motifs is 1. The maximum atomic E-state index is 13.5. The maximum absolute atomic E-state index is 13.5. The smallest absolute Gasteiger partial charge is 0.216 e. The van der Waals surface area contributed by atoms with E-state index >= 15 is 0 Å². The molecule has 0 aliphatic rings. The van der Waals surface area contributed by atoms with Gasteiger partial charge in [0.25, 0.3) is 0 Å². The van der Waals surface area contributed by atoms with Crippen LogP contribution in [0.15, 0.2) is 52.2 Å². The molecule has 3 heterocycles. The number of aromatic amines is 2. The van der Waals surface area contributed by atoms with E-state index in [0.29, 0.717) is 37.1 Å². The molecule has 1 aromatic carbocycles. The maximum Gasteiger partial charge on any atom is 0.216 e. The summed E-state index contributed by atoms with van der Waals surface area (Å²) >= 11 is 0. The van der Waals surface area contributed by atoms with E-state index in [1.165, 1.54) is 6.07 Å². The van der Waals surface area contributed by atoms with Gasteiger partial charge in [0.2, 0.25) is 5.82 Å². The lowest BCUT2D eigenvalue weighted by atomic mass is 10.1. The van der Waals surface area contributed by atoms with Crippen molar-refractivity contribution < 1.29 is 8.81 Å². The zero-order valence-electron chi connectivity index (χ0n) is 16.4. The summed E-state index contributed by atoms with van der Waals surface area (Å²) in [7, 11) is 1.72. The molecule has 0 spiro atoms. The summed E-state index contributed by atoms with van der Waals surface area (Å²) in [6.07, 6.45) is 4.92. The van der Waals surface area contributed by atoms with Crippen molar-refractivity contribution >= 4 is 40.8 Å². The number of nitrogens with zero attached hydrogens (tertiary/aromatic N) is 3. The first kappa shape index (κ1) is 21.8. The van der Waals surface area contributed by atoms with Crippen LogP contribution in [0.1, 0.15) is 11.4 Å². The van der Waals surface area contributed by atoms with Crippen LogP contribution in [0.2, 0.25) is 0 Å². The van der Waals surface area contributed by atoms with E-state index in [4.69, 9.17) is 4.42 Å². The van der Waals surface area contributed by atoms with Crippen molar-refractivity contribution in [1.29, 1.82) is 0 Å². The van der Waals surface area contributed by atoms with Gasteiger partial charge in [0.15, 0.2) is 11.7 Å². The molecular formula is C20H23FIN7O. The number of nitrogens with one attached hydrogen (secondary N) is 4. The first-order chi connectivity index (χ1) is 14.2. The average Bonchev–Trinajstić information content (AvgIpc) is 3.47. The zero-order chi connectivity index (χ0) is 20.1. The molecule has 30 heavy (non-hydrogen) atoms. The Morgan fingerprint density at radius 3 is 2.80 bits per heavy atom. The summed E-state index contributed by atoms with van der Waals surface area (Å²) in [4.78, 5) is 11.8. The van der Waals surface area contributed by atoms with Crippen LogP contribution < -0.4 is 10.6 Å². The van der Waals surface area contributed by atoms with Crippen molar-refractivity contribution in [2.24, 2.45) is 4.99 Å². The minimum atomic E-state index is -0.230. The molecule has 0 saturated carbocycles. The number of guanidine groups is 1. The number of halogens is 2. The molecule has 0 aliphatic heterocycles. The normalized spacial score (nSPS) is 11.5. The Balaban J connectivity index is 0.00000256. The van der Waals surface area contributed by atoms with Crippen LogP contribution in [0, 0.1) is 5.82 Å². The zero-order valence-corrected chi connectivity index (χ0v) is 18.7. The fourth-order valence-electron chi connectivity index (χ4n) is 3.12. The fraction of sp³-hybridized carbons (Fsp3) is 0.250. The van der Waals surface area contributed by atoms with E-state index in [0.717, 1.165) is 28.7 Å². The van der Waals surface area contributed by atoms with Gasteiger partial charge in [0, 0.05) is 43.7 Å². The van der Waals surface area contributed by atoms with Gasteiger partial charge < -0.3 is 20.0 Å². The summed E-state index contributed by atoms with van der Waals surface area (Å²) in [5, 5.41) is 14.5. The van der Waals surface area contributed by atoms with Crippen molar-refractivity contribution in [3.05, 3.63) is 60.0 Å². The fourth-order valence-corrected chi connectivity index (χ4v) is 3.12. The highest BCUT2D eigenvalue weighted by Gasteiger charge is 2.09. The second-order valence-corrected chi connectivity index (χ2v) is 6.51. The summed E-state index contributed by atoms with van der Waals surface area (Å²) in [5.74, 6) is 2.41. The van der Waals surface area contributed by atoms with Crippen LogP contribution in [0.4, 0.5) is 4.39 Å². The molecule has 3 aromatic heterocycles. The molecule has 4 aromatic rings. The Morgan fingerprint density at radius 1 is 1.20 bits per heavy atom. The minimum Gasteiger partial charge on any atom is -0.461 e. The molecule has 10 heteroatoms. The van der Waals surface area contributed by atoms with Crippen molar-refractivity contribution in [3.63, 3.8) is 0 Å². The van der Waals surface area contributed by atoms with E-state index in [9.17, 15) is 4.39 Å². The molecule has 158 valence electrons. The topological polar surface area (TPSA) is 107 Å². The van der Waals surface area contributed by atoms with Gasteiger partial charge >= 0.3 is 0 Å². The second kappa shape index (κ2) is 10.2. The summed E-state index contributed by atoms with van der Waals surface area (Å²) in [6, 6.07) is 8.39. The van der Waals surface area contributed by atoms with E-state index < -0.39 is 0 Å². The molecule has 4 rings (SSSR count). The molecule has 0 fully saturated rings. The molecule has 8 nitrogen and oxygen atoms in total. The van der Waals surface area contributed by atoms with Crippen LogP contribution >= 0.6 is 24.0 Å². The van der Waals surface area contributed by atoms with Crippen LogP contribution in [-0.2, 0) is 12.8 Å². The van der Waals surface area contributed by atoms with E-state index in [1.807, 2.05) is 12.3 Å².